The molecule has 3 heterocycles. The molecule has 0 bridgehead atoms. The van der Waals surface area contributed by atoms with E-state index in [1.807, 2.05) is 0 Å². The third-order valence-electron chi connectivity index (χ3n) is 7.36. The van der Waals surface area contributed by atoms with Gasteiger partial charge in [0.25, 0.3) is 0 Å². The number of likely N-dealkylation sites (N-methyl/N-ethyl adjacent to an activating group) is 1. The lowest BCUT2D eigenvalue weighted by molar-refractivity contribution is 0.0342. The van der Waals surface area contributed by atoms with Crippen LogP contribution in [0, 0.1) is 0 Å². The maximum absolute atomic E-state index is 10.9. The fourth-order valence-corrected chi connectivity index (χ4v) is 5.47. The molecule has 0 unspecified atom stereocenters. The van der Waals surface area contributed by atoms with Crippen molar-refractivity contribution >= 4 is 5.69 Å². The topological polar surface area (TPSA) is 42.4 Å². The Morgan fingerprint density at radius 2 is 1.55 bits per heavy atom. The van der Waals surface area contributed by atoms with E-state index >= 15 is 0 Å². The zero-order chi connectivity index (χ0) is 22.6. The minimum Gasteiger partial charge on any atom is -0.390 e. The molecular weight excluding hydrogens is 412 g/mol. The van der Waals surface area contributed by atoms with Gasteiger partial charge in [-0.25, -0.2) is 0 Å². The molecule has 178 valence electrons. The van der Waals surface area contributed by atoms with Crippen LogP contribution in [-0.4, -0.2) is 92.0 Å². The van der Waals surface area contributed by atoms with Crippen molar-refractivity contribution in [3.05, 3.63) is 64.7 Å². The Morgan fingerprint density at radius 1 is 0.818 bits per heavy atom. The number of fused-ring (bicyclic) bond motifs is 2. The van der Waals surface area contributed by atoms with Gasteiger partial charge < -0.3 is 14.7 Å². The number of β-amino-alcohol motifs (C(OH)–C–C–N with tert-alkyl or cyclic N) is 1. The molecule has 1 fully saturated rings. The number of ether oxygens (including phenoxy) is 1. The van der Waals surface area contributed by atoms with Gasteiger partial charge in [0.1, 0.15) is 0 Å². The maximum atomic E-state index is 10.9. The SMILES string of the molecule is CN1CCN(C[C@H](O)CN2CCc3ccccc3C2)Cc2ccc(CN3CCOCC3)cc21. The third-order valence-corrected chi connectivity index (χ3v) is 7.36. The lowest BCUT2D eigenvalue weighted by Gasteiger charge is -2.32. The smallest absolute Gasteiger partial charge is 0.0794 e. The first-order valence-electron chi connectivity index (χ1n) is 12.5. The summed E-state index contributed by atoms with van der Waals surface area (Å²) in [5.74, 6) is 0. The number of hydrogen-bond donors (Lipinski definition) is 1. The van der Waals surface area contributed by atoms with Gasteiger partial charge in [-0.3, -0.25) is 14.7 Å². The molecule has 2 aromatic carbocycles. The molecule has 2 aromatic rings. The monoisotopic (exact) mass is 450 g/mol. The number of benzene rings is 2. The van der Waals surface area contributed by atoms with Gasteiger partial charge in [-0.1, -0.05) is 36.4 Å². The van der Waals surface area contributed by atoms with Gasteiger partial charge in [-0.2, -0.15) is 0 Å². The van der Waals surface area contributed by atoms with Crippen LogP contribution in [0.15, 0.2) is 42.5 Å². The van der Waals surface area contributed by atoms with Crippen LogP contribution in [0.2, 0.25) is 0 Å². The average molecular weight is 451 g/mol. The molecule has 1 saturated heterocycles. The Morgan fingerprint density at radius 3 is 2.36 bits per heavy atom. The molecule has 6 heteroatoms. The number of aliphatic hydroxyl groups is 1. The van der Waals surface area contributed by atoms with E-state index in [0.29, 0.717) is 0 Å². The van der Waals surface area contributed by atoms with Gasteiger partial charge in [0.2, 0.25) is 0 Å². The lowest BCUT2D eigenvalue weighted by atomic mass is 10.00. The fraction of sp³-hybridized carbons (Fsp3) is 0.556. The van der Waals surface area contributed by atoms with E-state index in [2.05, 4.69) is 69.1 Å². The number of nitrogens with zero attached hydrogens (tertiary/aromatic N) is 4. The minimum absolute atomic E-state index is 0.331. The standard InChI is InChI=1S/C27H38N4O2/c1-28-10-11-31(21-26(32)20-30-9-8-23-4-2-3-5-24(23)18-30)19-25-7-6-22(16-27(25)28)17-29-12-14-33-15-13-29/h2-7,16,26,32H,8-15,17-21H2,1H3/t26-/m1/s1. The highest BCUT2D eigenvalue weighted by Gasteiger charge is 2.23. The fourth-order valence-electron chi connectivity index (χ4n) is 5.47. The highest BCUT2D eigenvalue weighted by atomic mass is 16.5. The van der Waals surface area contributed by atoms with Crippen LogP contribution in [0.5, 0.6) is 0 Å². The number of anilines is 1. The molecule has 0 saturated carbocycles. The molecule has 5 rings (SSSR count). The van der Waals surface area contributed by atoms with Gasteiger partial charge in [-0.05, 0) is 34.7 Å². The van der Waals surface area contributed by atoms with E-state index < -0.39 is 0 Å². The summed E-state index contributed by atoms with van der Waals surface area (Å²) >= 11 is 0. The minimum atomic E-state index is -0.331. The predicted octanol–water partition coefficient (Wildman–Crippen LogP) is 2.19. The first kappa shape index (κ1) is 22.8. The van der Waals surface area contributed by atoms with Crippen molar-refractivity contribution in [1.29, 1.82) is 0 Å². The van der Waals surface area contributed by atoms with Crippen LogP contribution in [-0.2, 0) is 30.8 Å². The van der Waals surface area contributed by atoms with Crippen molar-refractivity contribution in [2.45, 2.75) is 32.2 Å². The van der Waals surface area contributed by atoms with E-state index in [-0.39, 0.29) is 6.10 Å². The van der Waals surface area contributed by atoms with Crippen LogP contribution in [0.25, 0.3) is 0 Å². The van der Waals surface area contributed by atoms with Crippen LogP contribution in [0.4, 0.5) is 5.69 Å². The number of hydrogen-bond acceptors (Lipinski definition) is 6. The molecule has 0 aliphatic carbocycles. The zero-order valence-electron chi connectivity index (χ0n) is 20.0. The van der Waals surface area contributed by atoms with Crippen molar-refractivity contribution in [3.8, 4) is 0 Å². The van der Waals surface area contributed by atoms with Gasteiger partial charge in [-0.15, -0.1) is 0 Å². The summed E-state index contributed by atoms with van der Waals surface area (Å²) in [5, 5.41) is 10.9. The normalized spacial score (nSPS) is 21.3. The van der Waals surface area contributed by atoms with E-state index in [1.165, 1.54) is 27.9 Å². The van der Waals surface area contributed by atoms with Crippen molar-refractivity contribution in [3.63, 3.8) is 0 Å². The molecule has 3 aliphatic heterocycles. The van der Waals surface area contributed by atoms with E-state index in [0.717, 1.165) is 85.1 Å². The quantitative estimate of drug-likeness (QED) is 0.728. The molecule has 0 aromatic heterocycles. The van der Waals surface area contributed by atoms with Gasteiger partial charge in [0.05, 0.1) is 19.3 Å². The summed E-state index contributed by atoms with van der Waals surface area (Å²) in [7, 11) is 2.20. The molecule has 33 heavy (non-hydrogen) atoms. The second-order valence-electron chi connectivity index (χ2n) is 9.92. The first-order valence-corrected chi connectivity index (χ1v) is 12.5. The molecule has 3 aliphatic rings. The third kappa shape index (κ3) is 5.76. The van der Waals surface area contributed by atoms with Crippen LogP contribution >= 0.6 is 0 Å². The molecule has 0 spiro atoms. The molecule has 0 radical (unpaired) electrons. The van der Waals surface area contributed by atoms with Gasteiger partial charge >= 0.3 is 0 Å². The molecule has 1 N–H and O–H groups in total. The van der Waals surface area contributed by atoms with Gasteiger partial charge in [0, 0.05) is 78.2 Å². The summed E-state index contributed by atoms with van der Waals surface area (Å²) in [6.07, 6.45) is 0.750. The Kier molecular flexibility index (Phi) is 7.28. The number of aliphatic hydroxyl groups excluding tert-OH is 1. The predicted molar refractivity (Wildman–Crippen MR) is 133 cm³/mol. The lowest BCUT2D eigenvalue weighted by Crippen LogP contribution is -2.42. The van der Waals surface area contributed by atoms with E-state index in [4.69, 9.17) is 4.74 Å². The Hall–Kier alpha value is -1.96. The summed E-state index contributed by atoms with van der Waals surface area (Å²) in [6.45, 7) is 11.0. The van der Waals surface area contributed by atoms with E-state index in [1.54, 1.807) is 0 Å². The number of morpholine rings is 1. The summed E-state index contributed by atoms with van der Waals surface area (Å²) < 4.78 is 5.49. The first-order chi connectivity index (χ1) is 16.1. The Balaban J connectivity index is 1.18. The van der Waals surface area contributed by atoms with Crippen molar-refractivity contribution < 1.29 is 9.84 Å². The van der Waals surface area contributed by atoms with Crippen LogP contribution in [0.1, 0.15) is 22.3 Å². The summed E-state index contributed by atoms with van der Waals surface area (Å²) in [6, 6.07) is 15.7. The highest BCUT2D eigenvalue weighted by molar-refractivity contribution is 5.56. The molecular formula is C27H38N4O2. The highest BCUT2D eigenvalue weighted by Crippen LogP contribution is 2.27. The largest absolute Gasteiger partial charge is 0.390 e. The molecule has 1 atom stereocenters. The van der Waals surface area contributed by atoms with Gasteiger partial charge in [0.15, 0.2) is 0 Å². The second-order valence-corrected chi connectivity index (χ2v) is 9.92. The zero-order valence-corrected chi connectivity index (χ0v) is 20.0. The van der Waals surface area contributed by atoms with Crippen LogP contribution in [0.3, 0.4) is 0 Å². The van der Waals surface area contributed by atoms with E-state index in [9.17, 15) is 5.11 Å². The second kappa shape index (κ2) is 10.5. The molecule has 0 amide bonds. The Labute approximate surface area is 198 Å². The van der Waals surface area contributed by atoms with Crippen molar-refractivity contribution in [2.75, 3.05) is 71.0 Å². The van der Waals surface area contributed by atoms with Crippen molar-refractivity contribution in [2.24, 2.45) is 0 Å². The molecule has 6 nitrogen and oxygen atoms in total. The summed E-state index contributed by atoms with van der Waals surface area (Å²) in [5.41, 5.74) is 6.95. The average Bonchev–Trinajstić information content (AvgIpc) is 2.98. The maximum Gasteiger partial charge on any atom is 0.0794 e. The Bertz CT molecular complexity index is 930. The number of rotatable bonds is 6. The van der Waals surface area contributed by atoms with Crippen molar-refractivity contribution in [1.82, 2.24) is 14.7 Å². The van der Waals surface area contributed by atoms with Crippen LogP contribution < -0.4 is 4.90 Å². The summed E-state index contributed by atoms with van der Waals surface area (Å²) in [4.78, 5) is 9.69.